The van der Waals surface area contributed by atoms with Crippen molar-refractivity contribution >= 4 is 6.21 Å². The molecule has 1 N–H and O–H groups in total. The number of aliphatic hydroxyl groups is 1. The Balaban J connectivity index is 2.38. The average molecular weight is 85.1 g/mol. The molecule has 6 heavy (non-hydrogen) atoms. The monoisotopic (exact) mass is 85.1 g/mol. The summed E-state index contributed by atoms with van der Waals surface area (Å²) in [5, 5.41) is 8.53. The first-order chi connectivity index (χ1) is 2.89. The third-order valence-electron chi connectivity index (χ3n) is 0.831. The van der Waals surface area contributed by atoms with Crippen LogP contribution in [0, 0.1) is 0 Å². The molecule has 0 spiro atoms. The van der Waals surface area contributed by atoms with Crippen LogP contribution < -0.4 is 0 Å². The van der Waals surface area contributed by atoms with Gasteiger partial charge in [0, 0.05) is 6.21 Å². The number of rotatable bonds is 0. The second-order valence-electron chi connectivity index (χ2n) is 1.39. The molecule has 1 heterocycles. The minimum atomic E-state index is -0.384. The van der Waals surface area contributed by atoms with Gasteiger partial charge in [-0.2, -0.15) is 0 Å². The summed E-state index contributed by atoms with van der Waals surface area (Å²) >= 11 is 0. The van der Waals surface area contributed by atoms with E-state index in [1.165, 1.54) is 0 Å². The van der Waals surface area contributed by atoms with Gasteiger partial charge in [-0.3, -0.25) is 4.99 Å². The molecule has 0 fully saturated rings. The largest absolute Gasteiger partial charge is 0.372 e. The van der Waals surface area contributed by atoms with Gasteiger partial charge in [0.1, 0.15) is 6.23 Å². The minimum Gasteiger partial charge on any atom is -0.372 e. The predicted molar refractivity (Wildman–Crippen MR) is 23.7 cm³/mol. The van der Waals surface area contributed by atoms with Crippen LogP contribution in [0.5, 0.6) is 0 Å². The molecule has 0 aromatic heterocycles. The van der Waals surface area contributed by atoms with Crippen molar-refractivity contribution in [3.05, 3.63) is 0 Å². The van der Waals surface area contributed by atoms with Gasteiger partial charge in [-0.05, 0) is 12.8 Å². The molecule has 0 radical (unpaired) electrons. The van der Waals surface area contributed by atoms with Crippen molar-refractivity contribution in [2.75, 3.05) is 0 Å². The van der Waals surface area contributed by atoms with Gasteiger partial charge in [0.15, 0.2) is 0 Å². The molecule has 0 aliphatic carbocycles. The molecule has 1 unspecified atom stereocenters. The number of hydrogen-bond donors (Lipinski definition) is 1. The van der Waals surface area contributed by atoms with Crippen molar-refractivity contribution in [3.8, 4) is 0 Å². The van der Waals surface area contributed by atoms with Crippen LogP contribution >= 0.6 is 0 Å². The molecular formula is C4H7NO. The van der Waals surface area contributed by atoms with Crippen molar-refractivity contribution in [1.82, 2.24) is 0 Å². The van der Waals surface area contributed by atoms with Crippen LogP contribution in [0.25, 0.3) is 0 Å². The van der Waals surface area contributed by atoms with Crippen LogP contribution in [0.1, 0.15) is 12.8 Å². The van der Waals surface area contributed by atoms with Gasteiger partial charge in [-0.25, -0.2) is 0 Å². The molecule has 0 amide bonds. The highest BCUT2D eigenvalue weighted by atomic mass is 16.3. The summed E-state index contributed by atoms with van der Waals surface area (Å²) in [5.74, 6) is 0. The SMILES string of the molecule is OC1CCC=N1. The van der Waals surface area contributed by atoms with Gasteiger partial charge in [-0.15, -0.1) is 0 Å². The molecule has 0 aromatic carbocycles. The van der Waals surface area contributed by atoms with E-state index in [1.807, 2.05) is 0 Å². The topological polar surface area (TPSA) is 32.6 Å². The third-order valence-corrected chi connectivity index (χ3v) is 0.831. The molecular weight excluding hydrogens is 78.0 g/mol. The van der Waals surface area contributed by atoms with Crippen LogP contribution in [0.4, 0.5) is 0 Å². The lowest BCUT2D eigenvalue weighted by Gasteiger charge is -1.88. The van der Waals surface area contributed by atoms with Gasteiger partial charge in [0.05, 0.1) is 0 Å². The van der Waals surface area contributed by atoms with E-state index in [4.69, 9.17) is 5.11 Å². The van der Waals surface area contributed by atoms with Crippen LogP contribution in [0.3, 0.4) is 0 Å². The number of aliphatic hydroxyl groups excluding tert-OH is 1. The van der Waals surface area contributed by atoms with Crippen LogP contribution in [0.15, 0.2) is 4.99 Å². The van der Waals surface area contributed by atoms with Crippen molar-refractivity contribution in [2.45, 2.75) is 19.1 Å². The average Bonchev–Trinajstić information content (AvgIpc) is 1.86. The van der Waals surface area contributed by atoms with Crippen molar-refractivity contribution in [3.63, 3.8) is 0 Å². The maximum Gasteiger partial charge on any atom is 0.145 e. The van der Waals surface area contributed by atoms with E-state index in [0.717, 1.165) is 12.8 Å². The highest BCUT2D eigenvalue weighted by Crippen LogP contribution is 2.02. The summed E-state index contributed by atoms with van der Waals surface area (Å²) < 4.78 is 0. The first-order valence-corrected chi connectivity index (χ1v) is 2.09. The van der Waals surface area contributed by atoms with Crippen molar-refractivity contribution in [1.29, 1.82) is 0 Å². The molecule has 2 heteroatoms. The van der Waals surface area contributed by atoms with E-state index in [2.05, 4.69) is 4.99 Å². The fraction of sp³-hybridized carbons (Fsp3) is 0.750. The standard InChI is InChI=1S/C4H7NO/c6-4-2-1-3-5-4/h3-4,6H,1-2H2. The third kappa shape index (κ3) is 0.571. The van der Waals surface area contributed by atoms with Gasteiger partial charge in [0.2, 0.25) is 0 Å². The zero-order valence-electron chi connectivity index (χ0n) is 3.46. The maximum absolute atomic E-state index is 8.53. The van der Waals surface area contributed by atoms with Gasteiger partial charge in [0.25, 0.3) is 0 Å². The van der Waals surface area contributed by atoms with Gasteiger partial charge >= 0.3 is 0 Å². The highest BCUT2D eigenvalue weighted by molar-refractivity contribution is 5.59. The second-order valence-corrected chi connectivity index (χ2v) is 1.39. The van der Waals surface area contributed by atoms with Crippen LogP contribution in [-0.4, -0.2) is 17.5 Å². The summed E-state index contributed by atoms with van der Waals surface area (Å²) in [5.41, 5.74) is 0. The molecule has 0 saturated carbocycles. The zero-order chi connectivity index (χ0) is 4.41. The van der Waals surface area contributed by atoms with Crippen molar-refractivity contribution < 1.29 is 5.11 Å². The molecule has 2 nitrogen and oxygen atoms in total. The summed E-state index contributed by atoms with van der Waals surface area (Å²) in [6, 6.07) is 0. The Kier molecular flexibility index (Phi) is 0.881. The number of nitrogens with zero attached hydrogens (tertiary/aromatic N) is 1. The fourth-order valence-electron chi connectivity index (χ4n) is 0.494. The first-order valence-electron chi connectivity index (χ1n) is 2.09. The van der Waals surface area contributed by atoms with E-state index < -0.39 is 0 Å². The summed E-state index contributed by atoms with van der Waals surface area (Å²) in [6.07, 6.45) is 3.14. The summed E-state index contributed by atoms with van der Waals surface area (Å²) in [7, 11) is 0. The van der Waals surface area contributed by atoms with Crippen molar-refractivity contribution in [2.24, 2.45) is 4.99 Å². The number of aliphatic imine (C=N–C) groups is 1. The van der Waals surface area contributed by atoms with E-state index in [1.54, 1.807) is 6.21 Å². The van der Waals surface area contributed by atoms with Gasteiger partial charge < -0.3 is 5.11 Å². The van der Waals surface area contributed by atoms with E-state index in [9.17, 15) is 0 Å². The molecule has 0 bridgehead atoms. The lowest BCUT2D eigenvalue weighted by Crippen LogP contribution is -1.92. The molecule has 1 atom stereocenters. The molecule has 0 aromatic rings. The van der Waals surface area contributed by atoms with Gasteiger partial charge in [-0.1, -0.05) is 0 Å². The molecule has 34 valence electrons. The Hall–Kier alpha value is -0.370. The quantitative estimate of drug-likeness (QED) is 0.447. The number of hydrogen-bond acceptors (Lipinski definition) is 2. The van der Waals surface area contributed by atoms with E-state index >= 15 is 0 Å². The molecule has 1 aliphatic heterocycles. The van der Waals surface area contributed by atoms with E-state index in [0.29, 0.717) is 0 Å². The predicted octanol–water partition coefficient (Wildman–Crippen LogP) is 0.169. The molecule has 0 saturated heterocycles. The van der Waals surface area contributed by atoms with Crippen LogP contribution in [0.2, 0.25) is 0 Å². The summed E-state index contributed by atoms with van der Waals surface area (Å²) in [4.78, 5) is 3.67. The summed E-state index contributed by atoms with van der Waals surface area (Å²) in [6.45, 7) is 0. The molecule has 1 rings (SSSR count). The Morgan fingerprint density at radius 2 is 2.67 bits per heavy atom. The Labute approximate surface area is 36.5 Å². The lowest BCUT2D eigenvalue weighted by molar-refractivity contribution is 0.186. The Morgan fingerprint density at radius 1 is 1.83 bits per heavy atom. The van der Waals surface area contributed by atoms with E-state index in [-0.39, 0.29) is 6.23 Å². The fourth-order valence-corrected chi connectivity index (χ4v) is 0.494. The Bertz CT molecular complexity index is 69.9. The normalized spacial score (nSPS) is 31.8. The van der Waals surface area contributed by atoms with Crippen LogP contribution in [-0.2, 0) is 0 Å². The smallest absolute Gasteiger partial charge is 0.145 e. The Morgan fingerprint density at radius 3 is 2.83 bits per heavy atom. The second kappa shape index (κ2) is 1.39. The maximum atomic E-state index is 8.53. The lowest BCUT2D eigenvalue weighted by atomic mass is 10.4. The molecule has 1 aliphatic rings. The minimum absolute atomic E-state index is 0.384. The zero-order valence-corrected chi connectivity index (χ0v) is 3.46. The highest BCUT2D eigenvalue weighted by Gasteiger charge is 2.02. The first kappa shape index (κ1) is 3.81.